The zero-order valence-electron chi connectivity index (χ0n) is 16.6. The Morgan fingerprint density at radius 1 is 1.00 bits per heavy atom. The molecule has 1 heterocycles. The van der Waals surface area contributed by atoms with Gasteiger partial charge in [0.2, 0.25) is 0 Å². The number of halogens is 4. The van der Waals surface area contributed by atoms with Crippen LogP contribution in [-0.2, 0) is 0 Å². The van der Waals surface area contributed by atoms with Gasteiger partial charge in [0, 0.05) is 17.5 Å². The summed E-state index contributed by atoms with van der Waals surface area (Å²) in [6, 6.07) is 14.8. The van der Waals surface area contributed by atoms with E-state index in [1.807, 2.05) is 22.6 Å². The Balaban J connectivity index is 1.64. The summed E-state index contributed by atoms with van der Waals surface area (Å²) in [7, 11) is 0. The highest BCUT2D eigenvalue weighted by molar-refractivity contribution is 14.1. The van der Waals surface area contributed by atoms with Gasteiger partial charge in [-0.15, -0.1) is 0 Å². The van der Waals surface area contributed by atoms with E-state index in [4.69, 9.17) is 10.6 Å². The fourth-order valence-corrected chi connectivity index (χ4v) is 3.44. The number of hydrogen-bond donors (Lipinski definition) is 2. The molecule has 0 saturated carbocycles. The molecule has 0 radical (unpaired) electrons. The highest BCUT2D eigenvalue weighted by atomic mass is 127. The molecule has 6 nitrogen and oxygen atoms in total. The highest BCUT2D eigenvalue weighted by Crippen LogP contribution is 2.31. The molecule has 3 N–H and O–H groups in total. The molecule has 1 aromatic heterocycles. The van der Waals surface area contributed by atoms with E-state index >= 15 is 0 Å². The lowest BCUT2D eigenvalue weighted by Crippen LogP contribution is -2.08. The first-order valence-electron chi connectivity index (χ1n) is 9.38. The largest absolute Gasteiger partial charge is 0.503 e. The summed E-state index contributed by atoms with van der Waals surface area (Å²) in [5, 5.41) is 13.5. The molecule has 0 aliphatic heterocycles. The maximum Gasteiger partial charge on any atom is 0.187 e. The molecule has 4 aromatic rings. The van der Waals surface area contributed by atoms with Gasteiger partial charge in [-0.25, -0.2) is 18.2 Å². The zero-order valence-corrected chi connectivity index (χ0v) is 18.8. The van der Waals surface area contributed by atoms with Gasteiger partial charge in [-0.1, -0.05) is 6.07 Å². The fraction of sp³-hybridized carbons (Fsp3) is 0. The van der Waals surface area contributed by atoms with Gasteiger partial charge >= 0.3 is 0 Å². The van der Waals surface area contributed by atoms with Crippen LogP contribution in [0.1, 0.15) is 5.69 Å². The fourth-order valence-electron chi connectivity index (χ4n) is 2.95. The lowest BCUT2D eigenvalue weighted by atomic mass is 10.1. The molecule has 0 spiro atoms. The smallest absolute Gasteiger partial charge is 0.187 e. The molecule has 0 saturated heterocycles. The van der Waals surface area contributed by atoms with E-state index in [-0.39, 0.29) is 17.2 Å². The average molecular weight is 562 g/mol. The molecule has 3 aromatic carbocycles. The number of hydrazone groups is 1. The van der Waals surface area contributed by atoms with Crippen molar-refractivity contribution in [1.29, 1.82) is 0 Å². The number of aliphatic imine (C=N–C) groups is 1. The van der Waals surface area contributed by atoms with E-state index in [0.29, 0.717) is 31.7 Å². The van der Waals surface area contributed by atoms with Crippen molar-refractivity contribution in [3.8, 4) is 17.2 Å². The minimum absolute atomic E-state index is 0.0747. The second kappa shape index (κ2) is 9.45. The topological polar surface area (TPSA) is 93.1 Å². The minimum Gasteiger partial charge on any atom is -0.503 e. The van der Waals surface area contributed by atoms with E-state index in [0.717, 1.165) is 12.1 Å². The molecular weight excluding hydrogens is 548 g/mol. The van der Waals surface area contributed by atoms with Crippen LogP contribution in [-0.4, -0.2) is 22.0 Å². The number of aromatic nitrogens is 1. The third-order valence-corrected chi connectivity index (χ3v) is 5.38. The molecule has 0 amide bonds. The minimum atomic E-state index is -1.14. The van der Waals surface area contributed by atoms with Crippen LogP contribution >= 0.6 is 22.6 Å². The number of ether oxygens (including phenoxy) is 1. The number of rotatable bonds is 5. The van der Waals surface area contributed by atoms with Crippen molar-refractivity contribution in [2.75, 3.05) is 0 Å². The van der Waals surface area contributed by atoms with Crippen LogP contribution in [0.2, 0.25) is 0 Å². The first kappa shape index (κ1) is 22.5. The van der Waals surface area contributed by atoms with Gasteiger partial charge in [-0.05, 0) is 65.1 Å². The van der Waals surface area contributed by atoms with Crippen LogP contribution < -0.4 is 10.6 Å². The Bertz CT molecular complexity index is 1400. The Morgan fingerprint density at radius 2 is 1.76 bits per heavy atom. The number of fused-ring (bicyclic) bond motifs is 1. The molecule has 0 aliphatic rings. The van der Waals surface area contributed by atoms with Crippen LogP contribution in [0.15, 0.2) is 70.8 Å². The number of benzene rings is 3. The molecule has 0 unspecified atom stereocenters. The average Bonchev–Trinajstić information content (AvgIpc) is 2.80. The normalized spacial score (nSPS) is 11.9. The quantitative estimate of drug-likeness (QED) is 0.139. The molecule has 4 rings (SSSR count). The van der Waals surface area contributed by atoms with Gasteiger partial charge in [-0.2, -0.15) is 5.10 Å². The van der Waals surface area contributed by atoms with E-state index in [1.165, 1.54) is 18.3 Å². The third-order valence-electron chi connectivity index (χ3n) is 4.55. The Morgan fingerprint density at radius 3 is 2.45 bits per heavy atom. The first-order chi connectivity index (χ1) is 15.9. The summed E-state index contributed by atoms with van der Waals surface area (Å²) in [4.78, 5) is 8.47. The summed E-state index contributed by atoms with van der Waals surface area (Å²) >= 11 is 1.88. The van der Waals surface area contributed by atoms with E-state index in [2.05, 4.69) is 15.1 Å². The number of phenols is 1. The second-order valence-corrected chi connectivity index (χ2v) is 7.89. The number of aromatic hydroxyl groups is 1. The van der Waals surface area contributed by atoms with Crippen molar-refractivity contribution >= 4 is 51.1 Å². The third kappa shape index (κ3) is 4.90. The summed E-state index contributed by atoms with van der Waals surface area (Å²) in [5.41, 5.74) is 1.01. The van der Waals surface area contributed by atoms with Crippen LogP contribution in [0, 0.1) is 21.0 Å². The van der Waals surface area contributed by atoms with Crippen LogP contribution in [0.5, 0.6) is 17.2 Å². The summed E-state index contributed by atoms with van der Waals surface area (Å²) in [6.45, 7) is 0. The molecule has 0 aliphatic carbocycles. The van der Waals surface area contributed by atoms with Crippen molar-refractivity contribution < 1.29 is 23.0 Å². The molecule has 33 heavy (non-hydrogen) atoms. The number of hydrogen-bond acceptors (Lipinski definition) is 6. The number of nitrogens with two attached hydrogens (primary N) is 1. The summed E-state index contributed by atoms with van der Waals surface area (Å²) in [5.74, 6) is 2.77. The van der Waals surface area contributed by atoms with E-state index < -0.39 is 17.4 Å². The van der Waals surface area contributed by atoms with Crippen LogP contribution in [0.4, 0.5) is 18.9 Å². The van der Waals surface area contributed by atoms with E-state index in [1.54, 1.807) is 36.4 Å². The molecule has 0 atom stereocenters. The Hall–Kier alpha value is -3.67. The molecule has 10 heteroatoms. The second-order valence-electron chi connectivity index (χ2n) is 6.73. The standard InChI is InChI=1S/C23H14F3IN4O2/c24-15-6-4-13(10-18(15)27)33-22-3-1-2-19-14(22)5-7-20(30-19)21(31-28)11-29-12-8-16(25)23(32)17(26)9-12/h1-11,32H,28H2. The van der Waals surface area contributed by atoms with Crippen LogP contribution in [0.25, 0.3) is 10.9 Å². The molecule has 0 bridgehead atoms. The summed E-state index contributed by atoms with van der Waals surface area (Å²) < 4.78 is 46.9. The predicted molar refractivity (Wildman–Crippen MR) is 128 cm³/mol. The van der Waals surface area contributed by atoms with Crippen molar-refractivity contribution in [2.24, 2.45) is 15.9 Å². The maximum atomic E-state index is 13.5. The lowest BCUT2D eigenvalue weighted by Gasteiger charge is -2.10. The van der Waals surface area contributed by atoms with Gasteiger partial charge in [-0.3, -0.25) is 4.99 Å². The molecule has 166 valence electrons. The highest BCUT2D eigenvalue weighted by Gasteiger charge is 2.11. The van der Waals surface area contributed by atoms with Gasteiger partial charge in [0.05, 0.1) is 26.7 Å². The monoisotopic (exact) mass is 562 g/mol. The summed E-state index contributed by atoms with van der Waals surface area (Å²) in [6.07, 6.45) is 1.21. The number of nitrogens with zero attached hydrogens (tertiary/aromatic N) is 3. The molecular formula is C23H14F3IN4O2. The Kier molecular flexibility index (Phi) is 6.45. The van der Waals surface area contributed by atoms with E-state index in [9.17, 15) is 18.3 Å². The van der Waals surface area contributed by atoms with Gasteiger partial charge in [0.1, 0.15) is 23.0 Å². The van der Waals surface area contributed by atoms with Crippen molar-refractivity contribution in [2.45, 2.75) is 0 Å². The predicted octanol–water partition coefficient (Wildman–Crippen LogP) is 5.82. The first-order valence-corrected chi connectivity index (χ1v) is 10.5. The van der Waals surface area contributed by atoms with Crippen LogP contribution in [0.3, 0.4) is 0 Å². The van der Waals surface area contributed by atoms with Crippen molar-refractivity contribution in [3.63, 3.8) is 0 Å². The SMILES string of the molecule is NN=C(C=Nc1cc(F)c(O)c(F)c1)c1ccc2c(Oc3ccc(F)c(I)c3)cccc2n1. The Labute approximate surface area is 199 Å². The van der Waals surface area contributed by atoms with Gasteiger partial charge in [0.25, 0.3) is 0 Å². The zero-order chi connectivity index (χ0) is 23.5. The number of phenolic OH excluding ortho intramolecular Hbond substituents is 1. The van der Waals surface area contributed by atoms with Crippen molar-refractivity contribution in [3.05, 3.63) is 87.4 Å². The maximum absolute atomic E-state index is 13.5. The van der Waals surface area contributed by atoms with Gasteiger partial charge < -0.3 is 15.7 Å². The lowest BCUT2D eigenvalue weighted by molar-refractivity contribution is 0.396. The molecule has 0 fully saturated rings. The van der Waals surface area contributed by atoms with Gasteiger partial charge in [0.15, 0.2) is 17.4 Å². The van der Waals surface area contributed by atoms with Crippen molar-refractivity contribution in [1.82, 2.24) is 4.98 Å². The number of pyridine rings is 1.